The number of H-pyrrole nitrogens is 2. The van der Waals surface area contributed by atoms with Crippen LogP contribution in [0, 0.1) is 0 Å². The van der Waals surface area contributed by atoms with Crippen molar-refractivity contribution >= 4 is 11.3 Å². The van der Waals surface area contributed by atoms with Gasteiger partial charge in [-0.2, -0.15) is 18.3 Å². The molecular weight excluding hydrogens is 360 g/mol. The third kappa shape index (κ3) is 2.36. The summed E-state index contributed by atoms with van der Waals surface area (Å²) in [7, 11) is 0. The van der Waals surface area contributed by atoms with Gasteiger partial charge in [-0.1, -0.05) is 0 Å². The van der Waals surface area contributed by atoms with Gasteiger partial charge in [0.05, 0.1) is 24.3 Å². The lowest BCUT2D eigenvalue weighted by atomic mass is 9.95. The molecule has 0 bridgehead atoms. The molecule has 4 heterocycles. The molecular formula is C14H10F4N6O2. The molecule has 1 fully saturated rings. The summed E-state index contributed by atoms with van der Waals surface area (Å²) in [6.45, 7) is -1.77. The van der Waals surface area contributed by atoms with Crippen molar-refractivity contribution in [1.82, 2.24) is 24.6 Å². The van der Waals surface area contributed by atoms with Crippen LogP contribution < -0.4 is 16.1 Å². The van der Waals surface area contributed by atoms with Crippen molar-refractivity contribution in [2.75, 3.05) is 18.0 Å². The molecule has 3 aromatic heterocycles. The second-order valence-corrected chi connectivity index (χ2v) is 5.91. The molecule has 8 nitrogen and oxygen atoms in total. The number of nitrogens with zero attached hydrogens (tertiary/aromatic N) is 4. The molecule has 0 aliphatic carbocycles. The van der Waals surface area contributed by atoms with Gasteiger partial charge < -0.3 is 9.88 Å². The van der Waals surface area contributed by atoms with Crippen LogP contribution in [-0.2, 0) is 0 Å². The lowest BCUT2D eigenvalue weighted by Crippen LogP contribution is -2.66. The van der Waals surface area contributed by atoms with E-state index in [9.17, 15) is 27.2 Å². The predicted octanol–water partition coefficient (Wildman–Crippen LogP) is 0.863. The first kappa shape index (κ1) is 16.3. The van der Waals surface area contributed by atoms with Gasteiger partial charge in [-0.3, -0.25) is 9.78 Å². The second kappa shape index (κ2) is 5.16. The largest absolute Gasteiger partial charge is 0.426 e. The van der Waals surface area contributed by atoms with Crippen molar-refractivity contribution < 1.29 is 17.6 Å². The van der Waals surface area contributed by atoms with Crippen molar-refractivity contribution in [2.24, 2.45) is 0 Å². The molecule has 0 saturated carbocycles. The number of anilines is 1. The molecule has 4 rings (SSSR count). The number of hydrogen-bond acceptors (Lipinski definition) is 5. The first-order chi connectivity index (χ1) is 12.2. The van der Waals surface area contributed by atoms with Crippen LogP contribution in [0.25, 0.3) is 16.9 Å². The fourth-order valence-electron chi connectivity index (χ4n) is 2.77. The van der Waals surface area contributed by atoms with E-state index >= 15 is 0 Å². The molecule has 26 heavy (non-hydrogen) atoms. The molecule has 136 valence electrons. The zero-order valence-corrected chi connectivity index (χ0v) is 12.8. The Morgan fingerprint density at radius 1 is 1.23 bits per heavy atom. The highest BCUT2D eigenvalue weighted by Crippen LogP contribution is 2.43. The fourth-order valence-corrected chi connectivity index (χ4v) is 2.77. The fraction of sp³-hybridized carbons (Fsp3) is 0.286. The predicted molar refractivity (Wildman–Crippen MR) is 81.8 cm³/mol. The lowest BCUT2D eigenvalue weighted by Gasteiger charge is -2.46. The van der Waals surface area contributed by atoms with E-state index < -0.39 is 36.2 Å². The SMILES string of the molecule is O=c1[nH]cc(-c2cc(N3CC(F)(C(F)(F)F)C3)c3nccn3n2)c(=O)[nH]1. The molecule has 0 amide bonds. The number of nitrogens with one attached hydrogen (secondary N) is 2. The van der Waals surface area contributed by atoms with Crippen molar-refractivity contribution in [2.45, 2.75) is 11.8 Å². The minimum atomic E-state index is -4.97. The van der Waals surface area contributed by atoms with E-state index in [1.54, 1.807) is 0 Å². The van der Waals surface area contributed by atoms with Crippen LogP contribution in [0.2, 0.25) is 0 Å². The quantitative estimate of drug-likeness (QED) is 0.652. The van der Waals surface area contributed by atoms with Gasteiger partial charge in [0, 0.05) is 18.6 Å². The van der Waals surface area contributed by atoms with E-state index in [1.165, 1.54) is 27.9 Å². The first-order valence-electron chi connectivity index (χ1n) is 7.35. The molecule has 0 spiro atoms. The number of aromatic nitrogens is 5. The maximum Gasteiger partial charge on any atom is 0.426 e. The van der Waals surface area contributed by atoms with Crippen LogP contribution in [-0.4, -0.2) is 49.5 Å². The van der Waals surface area contributed by atoms with Crippen molar-refractivity contribution in [3.05, 3.63) is 45.5 Å². The molecule has 2 N–H and O–H groups in total. The van der Waals surface area contributed by atoms with E-state index in [-0.39, 0.29) is 22.6 Å². The Morgan fingerprint density at radius 2 is 1.96 bits per heavy atom. The summed E-state index contributed by atoms with van der Waals surface area (Å²) < 4.78 is 53.4. The monoisotopic (exact) mass is 370 g/mol. The lowest BCUT2D eigenvalue weighted by molar-refractivity contribution is -0.237. The highest BCUT2D eigenvalue weighted by Gasteiger charge is 2.63. The van der Waals surface area contributed by atoms with E-state index in [4.69, 9.17) is 0 Å². The Bertz CT molecular complexity index is 1110. The standard InChI is InChI=1S/C14H10F4N6O2/c15-13(14(16,17)18)5-23(6-13)9-3-8(22-24-2-1-19-10(9)24)7-4-20-12(26)21-11(7)25/h1-4H,5-6H2,(H2,20,21,25,26). The molecule has 0 atom stereocenters. The van der Waals surface area contributed by atoms with E-state index in [0.29, 0.717) is 0 Å². The van der Waals surface area contributed by atoms with E-state index in [2.05, 4.69) is 15.1 Å². The maximum atomic E-state index is 13.9. The average Bonchev–Trinajstić information content (AvgIpc) is 2.98. The number of aromatic amines is 2. The molecule has 0 aromatic carbocycles. The van der Waals surface area contributed by atoms with Crippen LogP contribution in [0.3, 0.4) is 0 Å². The number of halogens is 4. The van der Waals surface area contributed by atoms with Crippen molar-refractivity contribution in [1.29, 1.82) is 0 Å². The number of imidazole rings is 1. The molecule has 1 aliphatic heterocycles. The summed E-state index contributed by atoms with van der Waals surface area (Å²) >= 11 is 0. The number of alkyl halides is 4. The molecule has 1 aliphatic rings. The Balaban J connectivity index is 1.80. The zero-order chi connectivity index (χ0) is 18.7. The summed E-state index contributed by atoms with van der Waals surface area (Å²) in [6.07, 6.45) is -1.02. The Hall–Kier alpha value is -3.18. The van der Waals surface area contributed by atoms with E-state index in [0.717, 1.165) is 6.20 Å². The summed E-state index contributed by atoms with van der Waals surface area (Å²) in [5, 5.41) is 4.15. The van der Waals surface area contributed by atoms with E-state index in [1.807, 2.05) is 4.98 Å². The smallest absolute Gasteiger partial charge is 0.361 e. The van der Waals surface area contributed by atoms with Crippen molar-refractivity contribution in [3.8, 4) is 11.3 Å². The highest BCUT2D eigenvalue weighted by atomic mass is 19.4. The van der Waals surface area contributed by atoms with Crippen molar-refractivity contribution in [3.63, 3.8) is 0 Å². The van der Waals surface area contributed by atoms with Gasteiger partial charge in [-0.05, 0) is 6.07 Å². The zero-order valence-electron chi connectivity index (χ0n) is 12.8. The Morgan fingerprint density at radius 3 is 2.62 bits per heavy atom. The van der Waals surface area contributed by atoms with Gasteiger partial charge in [0.25, 0.3) is 5.56 Å². The number of hydrogen-bond donors (Lipinski definition) is 2. The number of fused-ring (bicyclic) bond motifs is 1. The first-order valence-corrected chi connectivity index (χ1v) is 7.35. The topological polar surface area (TPSA) is 99.2 Å². The Kier molecular flexibility index (Phi) is 3.23. The van der Waals surface area contributed by atoms with Gasteiger partial charge in [0.15, 0.2) is 5.65 Å². The summed E-state index contributed by atoms with van der Waals surface area (Å²) in [6, 6.07) is 1.33. The van der Waals surface area contributed by atoms with Crippen LogP contribution in [0.15, 0.2) is 34.2 Å². The number of rotatable bonds is 2. The van der Waals surface area contributed by atoms with Gasteiger partial charge in [0.1, 0.15) is 5.69 Å². The van der Waals surface area contributed by atoms with Gasteiger partial charge >= 0.3 is 11.9 Å². The van der Waals surface area contributed by atoms with Gasteiger partial charge in [0.2, 0.25) is 5.67 Å². The van der Waals surface area contributed by atoms with Crippen LogP contribution in [0.1, 0.15) is 0 Å². The third-order valence-electron chi connectivity index (χ3n) is 4.17. The second-order valence-electron chi connectivity index (χ2n) is 5.91. The molecule has 3 aromatic rings. The van der Waals surface area contributed by atoms with Gasteiger partial charge in [-0.25, -0.2) is 18.7 Å². The molecule has 0 radical (unpaired) electrons. The summed E-state index contributed by atoms with van der Waals surface area (Å²) in [5.41, 5.74) is -4.21. The minimum absolute atomic E-state index is 0.00399. The molecule has 0 unspecified atom stereocenters. The Labute approximate surface area is 141 Å². The minimum Gasteiger partial charge on any atom is -0.361 e. The highest BCUT2D eigenvalue weighted by molar-refractivity contribution is 5.75. The van der Waals surface area contributed by atoms with Gasteiger partial charge in [-0.15, -0.1) is 0 Å². The maximum absolute atomic E-state index is 13.9. The van der Waals surface area contributed by atoms with Crippen LogP contribution in [0.4, 0.5) is 23.2 Å². The molecule has 12 heteroatoms. The average molecular weight is 370 g/mol. The van der Waals surface area contributed by atoms with Crippen LogP contribution in [0.5, 0.6) is 0 Å². The summed E-state index contributed by atoms with van der Waals surface area (Å²) in [5.74, 6) is 0. The third-order valence-corrected chi connectivity index (χ3v) is 4.17. The van der Waals surface area contributed by atoms with Crippen LogP contribution >= 0.6 is 0 Å². The normalized spacial score (nSPS) is 16.7. The summed E-state index contributed by atoms with van der Waals surface area (Å²) in [4.78, 5) is 32.6. The molecule has 1 saturated heterocycles.